The lowest BCUT2D eigenvalue weighted by molar-refractivity contribution is -0.0452. The average Bonchev–Trinajstić information content (AvgIpc) is 3.09. The van der Waals surface area contributed by atoms with Gasteiger partial charge in [-0.2, -0.15) is 0 Å². The van der Waals surface area contributed by atoms with Crippen LogP contribution in [-0.2, 0) is 0 Å². The van der Waals surface area contributed by atoms with Crippen LogP contribution in [0.15, 0.2) is 11.6 Å². The minimum Gasteiger partial charge on any atom is -0.0845 e. The highest BCUT2D eigenvalue weighted by molar-refractivity contribution is 5.24. The van der Waals surface area contributed by atoms with Crippen molar-refractivity contribution in [3.63, 3.8) is 0 Å². The van der Waals surface area contributed by atoms with E-state index in [0.717, 1.165) is 41.4 Å². The Balaban J connectivity index is 0.00000132. The first-order valence-electron chi connectivity index (χ1n) is 14.5. The number of hydrogen-bond donors (Lipinski definition) is 0. The maximum atomic E-state index is 2.75. The molecule has 3 saturated carbocycles. The van der Waals surface area contributed by atoms with Gasteiger partial charge in [0.15, 0.2) is 0 Å². The van der Waals surface area contributed by atoms with Crippen molar-refractivity contribution in [3.8, 4) is 0 Å². The van der Waals surface area contributed by atoms with Gasteiger partial charge in [-0.15, -0.1) is 0 Å². The predicted molar refractivity (Wildman–Crippen MR) is 138 cm³/mol. The lowest BCUT2D eigenvalue weighted by Crippen LogP contribution is -2.49. The largest absolute Gasteiger partial charge is 0.0845 e. The summed E-state index contributed by atoms with van der Waals surface area (Å²) in [6.45, 7) is 19.1. The van der Waals surface area contributed by atoms with E-state index in [1.165, 1.54) is 70.6 Å². The number of hydrogen-bond acceptors (Lipinski definition) is 0. The first-order chi connectivity index (χ1) is 14.8. The van der Waals surface area contributed by atoms with Gasteiger partial charge in [0, 0.05) is 0 Å². The molecule has 0 radical (unpaired) electrons. The maximum Gasteiger partial charge on any atom is -0.00851 e. The SMILES string of the molecule is CC.CCC(CCCC1CCC2C3CC=C4CC(C)CCC4(C)C3CCC12C)C(C)C. The molecule has 0 N–H and O–H groups in total. The van der Waals surface area contributed by atoms with Gasteiger partial charge in [-0.3, -0.25) is 0 Å². The minimum absolute atomic E-state index is 0.556. The first-order valence-corrected chi connectivity index (χ1v) is 14.5. The third-order valence-electron chi connectivity index (χ3n) is 11.1. The highest BCUT2D eigenvalue weighted by Crippen LogP contribution is 2.67. The summed E-state index contributed by atoms with van der Waals surface area (Å²) < 4.78 is 0. The van der Waals surface area contributed by atoms with E-state index in [2.05, 4.69) is 47.6 Å². The van der Waals surface area contributed by atoms with Crippen molar-refractivity contribution >= 4 is 0 Å². The number of rotatable bonds is 6. The van der Waals surface area contributed by atoms with Gasteiger partial charge in [0.25, 0.3) is 0 Å². The van der Waals surface area contributed by atoms with Gasteiger partial charge >= 0.3 is 0 Å². The molecule has 4 rings (SSSR count). The highest BCUT2D eigenvalue weighted by atomic mass is 14.6. The fraction of sp³-hybridized carbons (Fsp3) is 0.935. The maximum absolute atomic E-state index is 2.75. The predicted octanol–water partition coefficient (Wildman–Crippen LogP) is 10.1. The second kappa shape index (κ2) is 10.3. The van der Waals surface area contributed by atoms with Crippen molar-refractivity contribution in [1.29, 1.82) is 0 Å². The summed E-state index contributed by atoms with van der Waals surface area (Å²) in [6, 6.07) is 0. The molecule has 0 aromatic rings. The van der Waals surface area contributed by atoms with Gasteiger partial charge in [0.1, 0.15) is 0 Å². The van der Waals surface area contributed by atoms with Gasteiger partial charge < -0.3 is 0 Å². The van der Waals surface area contributed by atoms with E-state index in [9.17, 15) is 0 Å². The van der Waals surface area contributed by atoms with E-state index in [1.54, 1.807) is 6.42 Å². The van der Waals surface area contributed by atoms with Gasteiger partial charge in [0.2, 0.25) is 0 Å². The zero-order valence-corrected chi connectivity index (χ0v) is 22.6. The van der Waals surface area contributed by atoms with Crippen molar-refractivity contribution in [1.82, 2.24) is 0 Å². The molecule has 31 heavy (non-hydrogen) atoms. The smallest absolute Gasteiger partial charge is 0.00851 e. The molecule has 0 aromatic carbocycles. The molecule has 4 aliphatic rings. The Bertz CT molecular complexity index is 599. The molecule has 3 fully saturated rings. The Morgan fingerprint density at radius 2 is 1.74 bits per heavy atom. The van der Waals surface area contributed by atoms with E-state index in [1.807, 2.05) is 19.4 Å². The van der Waals surface area contributed by atoms with E-state index in [-0.39, 0.29) is 0 Å². The van der Waals surface area contributed by atoms with Gasteiger partial charge in [-0.25, -0.2) is 0 Å². The Hall–Kier alpha value is -0.260. The molecule has 4 aliphatic carbocycles. The topological polar surface area (TPSA) is 0 Å². The standard InChI is InChI=1S/C29H50.C2H6/c1-7-22(20(2)3)9-8-10-23-12-14-26-25-13-11-24-19-21(4)15-17-29(24,6)27(25)16-18-28(23,26)5;1-2/h11,20-23,25-27H,7-10,12-19H2,1-6H3;1-2H3. The van der Waals surface area contributed by atoms with Crippen LogP contribution in [0.3, 0.4) is 0 Å². The third kappa shape index (κ3) is 4.71. The van der Waals surface area contributed by atoms with Crippen LogP contribution >= 0.6 is 0 Å². The second-order valence-corrected chi connectivity index (χ2v) is 12.8. The van der Waals surface area contributed by atoms with E-state index in [4.69, 9.17) is 0 Å². The second-order valence-electron chi connectivity index (χ2n) is 12.8. The van der Waals surface area contributed by atoms with Crippen molar-refractivity contribution < 1.29 is 0 Å². The number of allylic oxidation sites excluding steroid dienone is 2. The van der Waals surface area contributed by atoms with Crippen LogP contribution in [0.5, 0.6) is 0 Å². The molecule has 0 nitrogen and oxygen atoms in total. The van der Waals surface area contributed by atoms with E-state index in [0.29, 0.717) is 10.8 Å². The lowest BCUT2D eigenvalue weighted by Gasteiger charge is -2.58. The van der Waals surface area contributed by atoms with Crippen molar-refractivity contribution in [2.75, 3.05) is 0 Å². The molecule has 0 aromatic heterocycles. The Labute approximate surface area is 196 Å². The van der Waals surface area contributed by atoms with Crippen LogP contribution in [-0.4, -0.2) is 0 Å². The van der Waals surface area contributed by atoms with Crippen LogP contribution in [0, 0.1) is 52.3 Å². The van der Waals surface area contributed by atoms with Gasteiger partial charge in [-0.1, -0.05) is 86.3 Å². The summed E-state index contributed by atoms with van der Waals surface area (Å²) in [4.78, 5) is 0. The Morgan fingerprint density at radius 1 is 1.00 bits per heavy atom. The Morgan fingerprint density at radius 3 is 2.42 bits per heavy atom. The van der Waals surface area contributed by atoms with Crippen LogP contribution < -0.4 is 0 Å². The zero-order valence-electron chi connectivity index (χ0n) is 22.6. The molecule has 0 amide bonds. The highest BCUT2D eigenvalue weighted by Gasteiger charge is 2.58. The Kier molecular flexibility index (Phi) is 8.46. The minimum atomic E-state index is 0.556. The van der Waals surface area contributed by atoms with Crippen LogP contribution in [0.25, 0.3) is 0 Å². The van der Waals surface area contributed by atoms with Crippen LogP contribution in [0.2, 0.25) is 0 Å². The van der Waals surface area contributed by atoms with Crippen molar-refractivity contribution in [2.24, 2.45) is 52.3 Å². The van der Waals surface area contributed by atoms with Gasteiger partial charge in [-0.05, 0) is 110 Å². The monoisotopic (exact) mass is 428 g/mol. The molecule has 8 atom stereocenters. The summed E-state index contributed by atoms with van der Waals surface area (Å²) in [5.74, 6) is 6.77. The average molecular weight is 429 g/mol. The molecule has 0 spiro atoms. The summed E-state index contributed by atoms with van der Waals surface area (Å²) in [5, 5.41) is 0. The molecule has 0 aliphatic heterocycles. The molecule has 0 heterocycles. The quantitative estimate of drug-likeness (QED) is 0.369. The summed E-state index contributed by atoms with van der Waals surface area (Å²) in [5.41, 5.74) is 3.08. The first kappa shape index (κ1) is 25.4. The molecular weight excluding hydrogens is 372 g/mol. The van der Waals surface area contributed by atoms with E-state index < -0.39 is 0 Å². The molecule has 0 bridgehead atoms. The van der Waals surface area contributed by atoms with E-state index >= 15 is 0 Å². The third-order valence-corrected chi connectivity index (χ3v) is 11.1. The molecule has 0 saturated heterocycles. The lowest BCUT2D eigenvalue weighted by atomic mass is 9.47. The van der Waals surface area contributed by atoms with Gasteiger partial charge in [0.05, 0.1) is 0 Å². The fourth-order valence-corrected chi connectivity index (χ4v) is 9.06. The summed E-state index contributed by atoms with van der Waals surface area (Å²) >= 11 is 0. The normalized spacial score (nSPS) is 42.6. The molecule has 180 valence electrons. The molecule has 0 heteroatoms. The van der Waals surface area contributed by atoms with Crippen LogP contribution in [0.4, 0.5) is 0 Å². The summed E-state index contributed by atoms with van der Waals surface area (Å²) in [7, 11) is 0. The van der Waals surface area contributed by atoms with Crippen molar-refractivity contribution in [2.45, 2.75) is 132 Å². The fourth-order valence-electron chi connectivity index (χ4n) is 9.06. The molecule has 8 unspecified atom stereocenters. The summed E-state index contributed by atoms with van der Waals surface area (Å²) in [6.07, 6.45) is 20.5. The van der Waals surface area contributed by atoms with Crippen LogP contribution in [0.1, 0.15) is 132 Å². The molecular formula is C31H56. The zero-order chi connectivity index (χ0) is 22.8. The number of fused-ring (bicyclic) bond motifs is 5. The van der Waals surface area contributed by atoms with Crippen molar-refractivity contribution in [3.05, 3.63) is 11.6 Å².